The van der Waals surface area contributed by atoms with Gasteiger partial charge in [0, 0.05) is 30.4 Å². The van der Waals surface area contributed by atoms with E-state index < -0.39 is 0 Å². The van der Waals surface area contributed by atoms with Crippen molar-refractivity contribution in [3.05, 3.63) is 49.4 Å². The maximum atomic E-state index is 10.8. The van der Waals surface area contributed by atoms with Crippen molar-refractivity contribution in [1.82, 2.24) is 15.1 Å². The minimum atomic E-state index is -0.129. The van der Waals surface area contributed by atoms with Crippen LogP contribution in [0, 0.1) is 0 Å². The van der Waals surface area contributed by atoms with E-state index in [1.54, 1.807) is 12.2 Å². The molecule has 0 radical (unpaired) electrons. The van der Waals surface area contributed by atoms with Crippen molar-refractivity contribution in [2.24, 2.45) is 15.7 Å². The third-order valence-corrected chi connectivity index (χ3v) is 3.59. The number of carbonyl (C=O) groups excluding carboxylic acids is 1. The lowest BCUT2D eigenvalue weighted by atomic mass is 10.1. The highest BCUT2D eigenvalue weighted by molar-refractivity contribution is 6.04. The fraction of sp³-hybridized carbons (Fsp3) is 0.450. The highest BCUT2D eigenvalue weighted by Gasteiger charge is 2.23. The molecule has 0 unspecified atom stereocenters. The van der Waals surface area contributed by atoms with Crippen LogP contribution in [-0.4, -0.2) is 38.5 Å². The Morgan fingerprint density at radius 2 is 1.41 bits per heavy atom. The molecule has 2 rings (SSSR count). The maximum Gasteiger partial charge on any atom is 0.222 e. The van der Waals surface area contributed by atoms with E-state index in [0.29, 0.717) is 23.3 Å². The van der Waals surface area contributed by atoms with Gasteiger partial charge in [0.2, 0.25) is 5.91 Å². The molecule has 0 saturated carbocycles. The first-order chi connectivity index (χ1) is 12.2. The second-order valence-corrected chi connectivity index (χ2v) is 8.26. The molecule has 0 aliphatic carbocycles. The lowest BCUT2D eigenvalue weighted by Crippen LogP contribution is -2.39. The van der Waals surface area contributed by atoms with Gasteiger partial charge in [0.15, 0.2) is 0 Å². The SMILES string of the molecule is C=C1N=C(N)C=CN1C(C)(C)C.C=C1N=C(NC(C)=O)C=CN1C(C)(C)C. The summed E-state index contributed by atoms with van der Waals surface area (Å²) in [6.07, 6.45) is 7.33. The van der Waals surface area contributed by atoms with Crippen LogP contribution in [-0.2, 0) is 4.79 Å². The molecule has 0 spiro atoms. The first kappa shape index (κ1) is 22.2. The van der Waals surface area contributed by atoms with Crippen molar-refractivity contribution in [2.45, 2.75) is 59.5 Å². The number of nitrogens with one attached hydrogen (secondary N) is 1. The van der Waals surface area contributed by atoms with E-state index in [9.17, 15) is 4.79 Å². The van der Waals surface area contributed by atoms with Crippen LogP contribution in [0.5, 0.6) is 0 Å². The molecule has 0 aromatic carbocycles. The quantitative estimate of drug-likeness (QED) is 0.684. The molecule has 7 nitrogen and oxygen atoms in total. The van der Waals surface area contributed by atoms with Crippen molar-refractivity contribution in [3.63, 3.8) is 0 Å². The first-order valence-electron chi connectivity index (χ1n) is 8.75. The Balaban J connectivity index is 0.000000277. The molecule has 3 N–H and O–H groups in total. The monoisotopic (exact) mass is 372 g/mol. The van der Waals surface area contributed by atoms with Crippen LogP contribution in [0.15, 0.2) is 59.3 Å². The Bertz CT molecular complexity index is 729. The number of nitrogens with zero attached hydrogens (tertiary/aromatic N) is 4. The van der Waals surface area contributed by atoms with Crippen LogP contribution in [0.25, 0.3) is 0 Å². The summed E-state index contributed by atoms with van der Waals surface area (Å²) in [6, 6.07) is 0. The fourth-order valence-corrected chi connectivity index (χ4v) is 2.41. The van der Waals surface area contributed by atoms with Gasteiger partial charge in [-0.1, -0.05) is 13.2 Å². The number of rotatable bonds is 0. The smallest absolute Gasteiger partial charge is 0.222 e. The van der Waals surface area contributed by atoms with Crippen molar-refractivity contribution in [3.8, 4) is 0 Å². The molecule has 1 amide bonds. The standard InChI is InChI=1S/C11H17N3O.C9H15N3/c1-8-12-10(13-9(2)15)6-7-14(8)11(3,4)5;1-7-11-8(10)5-6-12(7)9(2,3)4/h6-7H,1H2,2-5H3,(H,12,13,15);5-6H,1H2,2-4H3,(H2,10,11). The van der Waals surface area contributed by atoms with E-state index in [4.69, 9.17) is 5.73 Å². The lowest BCUT2D eigenvalue weighted by Gasteiger charge is -2.35. The third kappa shape index (κ3) is 6.77. The summed E-state index contributed by atoms with van der Waals surface area (Å²) < 4.78 is 0. The molecular formula is C20H32N6O. The minimum Gasteiger partial charge on any atom is -0.384 e. The van der Waals surface area contributed by atoms with E-state index in [1.165, 1.54) is 6.92 Å². The molecule has 148 valence electrons. The van der Waals surface area contributed by atoms with Gasteiger partial charge in [-0.15, -0.1) is 0 Å². The van der Waals surface area contributed by atoms with Crippen molar-refractivity contribution in [2.75, 3.05) is 0 Å². The summed E-state index contributed by atoms with van der Waals surface area (Å²) in [5, 5.41) is 2.62. The van der Waals surface area contributed by atoms with E-state index in [2.05, 4.69) is 70.0 Å². The van der Waals surface area contributed by atoms with Crippen LogP contribution < -0.4 is 11.1 Å². The number of carbonyl (C=O) groups is 1. The Morgan fingerprint density at radius 1 is 0.963 bits per heavy atom. The predicted octanol–water partition coefficient (Wildman–Crippen LogP) is 3.06. The summed E-state index contributed by atoms with van der Waals surface area (Å²) >= 11 is 0. The topological polar surface area (TPSA) is 86.3 Å². The number of hydrogen-bond acceptors (Lipinski definition) is 6. The normalized spacial score (nSPS) is 17.1. The number of hydrogen-bond donors (Lipinski definition) is 2. The van der Waals surface area contributed by atoms with Crippen molar-refractivity contribution in [1.29, 1.82) is 0 Å². The molecular weight excluding hydrogens is 340 g/mol. The fourth-order valence-electron chi connectivity index (χ4n) is 2.41. The second-order valence-electron chi connectivity index (χ2n) is 8.26. The van der Waals surface area contributed by atoms with E-state index in [-0.39, 0.29) is 17.0 Å². The van der Waals surface area contributed by atoms with Crippen molar-refractivity contribution < 1.29 is 4.79 Å². The van der Waals surface area contributed by atoms with Crippen LogP contribution in [0.1, 0.15) is 48.5 Å². The minimum absolute atomic E-state index is 0.0117. The summed E-state index contributed by atoms with van der Waals surface area (Å²) in [7, 11) is 0. The van der Waals surface area contributed by atoms with Gasteiger partial charge in [0.05, 0.1) is 0 Å². The largest absolute Gasteiger partial charge is 0.384 e. The highest BCUT2D eigenvalue weighted by Crippen LogP contribution is 2.22. The third-order valence-electron chi connectivity index (χ3n) is 3.59. The van der Waals surface area contributed by atoms with Crippen LogP contribution in [0.2, 0.25) is 0 Å². The van der Waals surface area contributed by atoms with Crippen molar-refractivity contribution >= 4 is 17.6 Å². The van der Waals surface area contributed by atoms with Gasteiger partial charge in [0.25, 0.3) is 0 Å². The summed E-state index contributed by atoms with van der Waals surface area (Å²) in [5.41, 5.74) is 5.46. The number of aliphatic imine (C=N–C) groups is 2. The van der Waals surface area contributed by atoms with E-state index in [1.807, 2.05) is 22.2 Å². The predicted molar refractivity (Wildman–Crippen MR) is 113 cm³/mol. The zero-order valence-electron chi connectivity index (χ0n) is 17.5. The van der Waals surface area contributed by atoms with E-state index >= 15 is 0 Å². The second kappa shape index (κ2) is 8.24. The summed E-state index contributed by atoms with van der Waals surface area (Å²) in [6.45, 7) is 21.6. The molecule has 0 atom stereocenters. The molecule has 0 aromatic heterocycles. The van der Waals surface area contributed by atoms with Crippen LogP contribution in [0.4, 0.5) is 0 Å². The summed E-state index contributed by atoms with van der Waals surface area (Å²) in [5.74, 6) is 2.25. The molecule has 2 aliphatic heterocycles. The Labute approximate surface area is 162 Å². The molecule has 2 heterocycles. The average Bonchev–Trinajstić information content (AvgIpc) is 2.44. The van der Waals surface area contributed by atoms with Gasteiger partial charge in [-0.2, -0.15) is 0 Å². The molecule has 7 heteroatoms. The van der Waals surface area contributed by atoms with Gasteiger partial charge < -0.3 is 20.9 Å². The molecule has 2 aliphatic rings. The van der Waals surface area contributed by atoms with Gasteiger partial charge in [-0.3, -0.25) is 4.79 Å². The Hall–Kier alpha value is -2.83. The summed E-state index contributed by atoms with van der Waals surface area (Å²) in [4.78, 5) is 23.0. The van der Waals surface area contributed by atoms with Gasteiger partial charge in [-0.25, -0.2) is 9.98 Å². The maximum absolute atomic E-state index is 10.8. The van der Waals surface area contributed by atoms with Gasteiger partial charge >= 0.3 is 0 Å². The molecule has 0 bridgehead atoms. The molecule has 0 aromatic rings. The van der Waals surface area contributed by atoms with Gasteiger partial charge in [-0.05, 0) is 53.7 Å². The lowest BCUT2D eigenvalue weighted by molar-refractivity contribution is -0.117. The number of nitrogens with two attached hydrogens (primary N) is 1. The van der Waals surface area contributed by atoms with Crippen LogP contribution >= 0.6 is 0 Å². The molecule has 0 fully saturated rings. The zero-order chi connectivity index (χ0) is 21.0. The molecule has 27 heavy (non-hydrogen) atoms. The Kier molecular flexibility index (Phi) is 6.78. The van der Waals surface area contributed by atoms with Crippen LogP contribution in [0.3, 0.4) is 0 Å². The first-order valence-corrected chi connectivity index (χ1v) is 8.75. The number of amides is 1. The Morgan fingerprint density at radius 3 is 1.78 bits per heavy atom. The zero-order valence-corrected chi connectivity index (χ0v) is 17.5. The highest BCUT2D eigenvalue weighted by atomic mass is 16.1. The average molecular weight is 373 g/mol. The van der Waals surface area contributed by atoms with Gasteiger partial charge in [0.1, 0.15) is 23.3 Å². The molecule has 0 saturated heterocycles. The van der Waals surface area contributed by atoms with E-state index in [0.717, 1.165) is 0 Å². The number of amidine groups is 2.